The first-order chi connectivity index (χ1) is 10.1. The minimum absolute atomic E-state index is 0.305. The van der Waals surface area contributed by atoms with E-state index in [2.05, 4.69) is 17.4 Å². The van der Waals surface area contributed by atoms with Gasteiger partial charge >= 0.3 is 0 Å². The average molecular weight is 329 g/mol. The van der Waals surface area contributed by atoms with Crippen molar-refractivity contribution in [2.75, 3.05) is 6.54 Å². The maximum atomic E-state index is 6.24. The third kappa shape index (κ3) is 4.63. The zero-order valence-electron chi connectivity index (χ0n) is 12.1. The molecule has 0 radical (unpaired) electrons. The molecular weight excluding hydrogens is 311 g/mol. The van der Waals surface area contributed by atoms with Crippen molar-refractivity contribution in [3.63, 3.8) is 0 Å². The van der Waals surface area contributed by atoms with Crippen molar-refractivity contribution in [3.8, 4) is 5.75 Å². The predicted octanol–water partition coefficient (Wildman–Crippen LogP) is 4.37. The zero-order chi connectivity index (χ0) is 15.2. The second-order valence-corrected chi connectivity index (χ2v) is 5.61. The third-order valence-corrected chi connectivity index (χ3v) is 3.37. The Hall–Kier alpha value is -1.23. The molecule has 0 aliphatic rings. The Kier molecular flexibility index (Phi) is 5.91. The smallest absolute Gasteiger partial charge is 0.143 e. The molecule has 114 valence electrons. The van der Waals surface area contributed by atoms with Gasteiger partial charge < -0.3 is 14.6 Å². The number of nitrogens with zero attached hydrogens (tertiary/aromatic N) is 1. The molecule has 0 saturated heterocycles. The van der Waals surface area contributed by atoms with Gasteiger partial charge in [-0.05, 0) is 32.0 Å². The van der Waals surface area contributed by atoms with Crippen LogP contribution in [0.5, 0.6) is 5.75 Å². The van der Waals surface area contributed by atoms with E-state index in [1.807, 2.05) is 19.1 Å². The van der Waals surface area contributed by atoms with Gasteiger partial charge in [0.2, 0.25) is 0 Å². The highest BCUT2D eigenvalue weighted by atomic mass is 35.5. The van der Waals surface area contributed by atoms with Crippen molar-refractivity contribution in [3.05, 3.63) is 45.3 Å². The van der Waals surface area contributed by atoms with Crippen molar-refractivity contribution >= 4 is 23.2 Å². The van der Waals surface area contributed by atoms with Crippen LogP contribution >= 0.6 is 23.2 Å². The zero-order valence-corrected chi connectivity index (χ0v) is 13.6. The van der Waals surface area contributed by atoms with Gasteiger partial charge in [0.1, 0.15) is 23.8 Å². The van der Waals surface area contributed by atoms with E-state index < -0.39 is 0 Å². The summed E-state index contributed by atoms with van der Waals surface area (Å²) in [5, 5.41) is 8.31. The summed E-state index contributed by atoms with van der Waals surface area (Å²) in [4.78, 5) is 0. The fourth-order valence-corrected chi connectivity index (χ4v) is 2.53. The molecule has 0 aliphatic heterocycles. The Morgan fingerprint density at radius 2 is 2.10 bits per heavy atom. The fraction of sp³-hybridized carbons (Fsp3) is 0.400. The molecule has 4 nitrogen and oxygen atoms in total. The molecule has 1 N–H and O–H groups in total. The maximum absolute atomic E-state index is 6.24. The normalized spacial score (nSPS) is 10.9. The van der Waals surface area contributed by atoms with Crippen molar-refractivity contribution in [2.45, 2.75) is 33.4 Å². The van der Waals surface area contributed by atoms with Crippen molar-refractivity contribution in [1.29, 1.82) is 0 Å². The molecule has 6 heteroatoms. The number of hydrogen-bond acceptors (Lipinski definition) is 4. The molecule has 0 spiro atoms. The van der Waals surface area contributed by atoms with Gasteiger partial charge in [-0.25, -0.2) is 0 Å². The van der Waals surface area contributed by atoms with Gasteiger partial charge in [-0.2, -0.15) is 0 Å². The number of benzene rings is 1. The first-order valence-electron chi connectivity index (χ1n) is 6.83. The number of hydrogen-bond donors (Lipinski definition) is 1. The Morgan fingerprint density at radius 3 is 2.76 bits per heavy atom. The summed E-state index contributed by atoms with van der Waals surface area (Å²) >= 11 is 12.3. The molecule has 2 aromatic rings. The Labute approximate surface area is 134 Å². The quantitative estimate of drug-likeness (QED) is 0.766. The summed E-state index contributed by atoms with van der Waals surface area (Å²) < 4.78 is 10.8. The molecule has 0 unspecified atom stereocenters. The molecule has 0 aliphatic carbocycles. The topological polar surface area (TPSA) is 47.3 Å². The van der Waals surface area contributed by atoms with Crippen LogP contribution in [0.2, 0.25) is 10.0 Å². The van der Waals surface area contributed by atoms with E-state index in [9.17, 15) is 0 Å². The predicted molar refractivity (Wildman–Crippen MR) is 84.0 cm³/mol. The lowest BCUT2D eigenvalue weighted by Gasteiger charge is -2.13. The number of halogens is 2. The van der Waals surface area contributed by atoms with Gasteiger partial charge in [0.25, 0.3) is 0 Å². The van der Waals surface area contributed by atoms with Crippen LogP contribution in [0, 0.1) is 6.92 Å². The molecule has 0 bridgehead atoms. The van der Waals surface area contributed by atoms with Crippen LogP contribution in [0.1, 0.15) is 30.4 Å². The van der Waals surface area contributed by atoms with Crippen LogP contribution in [0.15, 0.2) is 22.7 Å². The fourth-order valence-electron chi connectivity index (χ4n) is 1.94. The van der Waals surface area contributed by atoms with Crippen LogP contribution in [-0.2, 0) is 13.2 Å². The molecule has 1 heterocycles. The number of ether oxygens (including phenoxy) is 1. The van der Waals surface area contributed by atoms with E-state index >= 15 is 0 Å². The van der Waals surface area contributed by atoms with E-state index in [1.165, 1.54) is 0 Å². The lowest BCUT2D eigenvalue weighted by atomic mass is 10.2. The van der Waals surface area contributed by atoms with E-state index in [-0.39, 0.29) is 0 Å². The maximum Gasteiger partial charge on any atom is 0.143 e. The summed E-state index contributed by atoms with van der Waals surface area (Å²) in [7, 11) is 0. The number of aryl methyl sites for hydroxylation is 1. The van der Waals surface area contributed by atoms with Crippen LogP contribution in [0.4, 0.5) is 0 Å². The Morgan fingerprint density at radius 1 is 1.29 bits per heavy atom. The van der Waals surface area contributed by atoms with Crippen LogP contribution < -0.4 is 10.1 Å². The molecule has 2 rings (SSSR count). The van der Waals surface area contributed by atoms with Gasteiger partial charge in [-0.3, -0.25) is 0 Å². The largest absolute Gasteiger partial charge is 0.485 e. The number of nitrogens with one attached hydrogen (secondary N) is 1. The van der Waals surface area contributed by atoms with E-state index in [0.717, 1.165) is 30.0 Å². The second kappa shape index (κ2) is 7.69. The first-order valence-corrected chi connectivity index (χ1v) is 7.59. The molecule has 0 atom stereocenters. The molecule has 0 fully saturated rings. The molecular formula is C15H18Cl2N2O2. The monoisotopic (exact) mass is 328 g/mol. The molecule has 1 aromatic carbocycles. The Bertz CT molecular complexity index is 599. The first kappa shape index (κ1) is 16.1. The molecule has 21 heavy (non-hydrogen) atoms. The number of rotatable bonds is 7. The lowest BCUT2D eigenvalue weighted by Crippen LogP contribution is -2.15. The minimum atomic E-state index is 0.305. The van der Waals surface area contributed by atoms with Crippen molar-refractivity contribution in [2.24, 2.45) is 0 Å². The van der Waals surface area contributed by atoms with Gasteiger partial charge in [0.05, 0.1) is 5.02 Å². The third-order valence-electron chi connectivity index (χ3n) is 2.87. The highest BCUT2D eigenvalue weighted by Crippen LogP contribution is 2.33. The van der Waals surface area contributed by atoms with Gasteiger partial charge in [-0.1, -0.05) is 35.3 Å². The summed E-state index contributed by atoms with van der Waals surface area (Å²) in [5.74, 6) is 1.38. The second-order valence-electron chi connectivity index (χ2n) is 4.77. The summed E-state index contributed by atoms with van der Waals surface area (Å²) in [5.41, 5.74) is 1.66. The van der Waals surface area contributed by atoms with Crippen molar-refractivity contribution < 1.29 is 9.26 Å². The number of aromatic nitrogens is 1. The Balaban J connectivity index is 2.12. The minimum Gasteiger partial charge on any atom is -0.485 e. The highest BCUT2D eigenvalue weighted by Gasteiger charge is 2.12. The summed E-state index contributed by atoms with van der Waals surface area (Å²) in [6, 6.07) is 5.37. The highest BCUT2D eigenvalue weighted by molar-refractivity contribution is 6.35. The SMILES string of the molecule is CCCNCc1cc(Cl)cc(Cl)c1OCc1cc(C)on1. The van der Waals surface area contributed by atoms with E-state index in [4.69, 9.17) is 32.5 Å². The van der Waals surface area contributed by atoms with Gasteiger partial charge in [-0.15, -0.1) is 0 Å². The van der Waals surface area contributed by atoms with E-state index in [1.54, 1.807) is 6.07 Å². The van der Waals surface area contributed by atoms with Crippen molar-refractivity contribution in [1.82, 2.24) is 10.5 Å². The molecule has 0 amide bonds. The molecule has 1 aromatic heterocycles. The summed E-state index contributed by atoms with van der Waals surface area (Å²) in [6.07, 6.45) is 1.06. The van der Waals surface area contributed by atoms with E-state index in [0.29, 0.717) is 28.9 Å². The van der Waals surface area contributed by atoms with Crippen LogP contribution in [0.3, 0.4) is 0 Å². The average Bonchev–Trinajstić information content (AvgIpc) is 2.83. The lowest BCUT2D eigenvalue weighted by molar-refractivity contribution is 0.285. The summed E-state index contributed by atoms with van der Waals surface area (Å²) in [6.45, 7) is 5.83. The molecule has 0 saturated carbocycles. The van der Waals surface area contributed by atoms with Crippen LogP contribution in [-0.4, -0.2) is 11.7 Å². The van der Waals surface area contributed by atoms with Gasteiger partial charge in [0.15, 0.2) is 0 Å². The standard InChI is InChI=1S/C15H18Cl2N2O2/c1-3-4-18-8-11-6-12(16)7-14(17)15(11)20-9-13-5-10(2)21-19-13/h5-7,18H,3-4,8-9H2,1-2H3. The van der Waals surface area contributed by atoms with Crippen LogP contribution in [0.25, 0.3) is 0 Å². The van der Waals surface area contributed by atoms with Gasteiger partial charge in [0, 0.05) is 23.2 Å².